The van der Waals surface area contributed by atoms with Crippen LogP contribution < -0.4 is 15.5 Å². The van der Waals surface area contributed by atoms with Crippen molar-refractivity contribution < 1.29 is 19.1 Å². The zero-order valence-electron chi connectivity index (χ0n) is 18.5. The molecule has 32 heavy (non-hydrogen) atoms. The predicted octanol–water partition coefficient (Wildman–Crippen LogP) is 3.31. The molecule has 0 radical (unpaired) electrons. The van der Waals surface area contributed by atoms with E-state index < -0.39 is 0 Å². The van der Waals surface area contributed by atoms with Crippen molar-refractivity contribution in [1.82, 2.24) is 10.3 Å². The van der Waals surface area contributed by atoms with Gasteiger partial charge in [-0.2, -0.15) is 0 Å². The fourth-order valence-electron chi connectivity index (χ4n) is 3.42. The van der Waals surface area contributed by atoms with E-state index in [4.69, 9.17) is 4.74 Å². The predicted molar refractivity (Wildman–Crippen MR) is 125 cm³/mol. The third kappa shape index (κ3) is 7.13. The smallest absolute Gasteiger partial charge is 0.240 e. The third-order valence-electron chi connectivity index (χ3n) is 5.27. The lowest BCUT2D eigenvalue weighted by Gasteiger charge is -2.23. The summed E-state index contributed by atoms with van der Waals surface area (Å²) in [7, 11) is 0. The molecule has 3 amide bonds. The molecular formula is C23H30N4O4S. The molecule has 1 fully saturated rings. The van der Waals surface area contributed by atoms with E-state index in [9.17, 15) is 14.4 Å². The summed E-state index contributed by atoms with van der Waals surface area (Å²) in [6.07, 6.45) is 3.55. The zero-order chi connectivity index (χ0) is 22.9. The van der Waals surface area contributed by atoms with Crippen molar-refractivity contribution in [2.45, 2.75) is 51.6 Å². The number of carbonyl (C=O) groups excluding carboxylic acids is 3. The van der Waals surface area contributed by atoms with Crippen molar-refractivity contribution in [1.29, 1.82) is 0 Å². The molecule has 1 saturated heterocycles. The van der Waals surface area contributed by atoms with Gasteiger partial charge in [0.1, 0.15) is 6.54 Å². The molecule has 0 bridgehead atoms. The first kappa shape index (κ1) is 23.9. The number of thiazole rings is 1. The van der Waals surface area contributed by atoms with Crippen LogP contribution in [-0.2, 0) is 19.1 Å². The summed E-state index contributed by atoms with van der Waals surface area (Å²) in [4.78, 5) is 43.2. The van der Waals surface area contributed by atoms with E-state index in [1.165, 1.54) is 16.2 Å². The van der Waals surface area contributed by atoms with E-state index in [2.05, 4.69) is 29.5 Å². The van der Waals surface area contributed by atoms with E-state index in [0.29, 0.717) is 23.3 Å². The van der Waals surface area contributed by atoms with Crippen molar-refractivity contribution in [3.05, 3.63) is 41.4 Å². The van der Waals surface area contributed by atoms with Gasteiger partial charge in [0.05, 0.1) is 6.10 Å². The Hall–Kier alpha value is -2.78. The summed E-state index contributed by atoms with van der Waals surface area (Å²) >= 11 is 1.31. The van der Waals surface area contributed by atoms with Crippen molar-refractivity contribution in [3.63, 3.8) is 0 Å². The number of carbonyl (C=O) groups is 3. The van der Waals surface area contributed by atoms with Gasteiger partial charge < -0.3 is 20.3 Å². The van der Waals surface area contributed by atoms with Gasteiger partial charge in [-0.15, -0.1) is 11.3 Å². The summed E-state index contributed by atoms with van der Waals surface area (Å²) in [6, 6.07) is 7.60. The molecule has 1 aromatic heterocycles. The Bertz CT molecular complexity index is 893. The van der Waals surface area contributed by atoms with Gasteiger partial charge in [-0.1, -0.05) is 26.0 Å². The van der Waals surface area contributed by atoms with Crippen LogP contribution in [0.3, 0.4) is 0 Å². The van der Waals surface area contributed by atoms with E-state index in [1.54, 1.807) is 11.6 Å². The van der Waals surface area contributed by atoms with Crippen LogP contribution in [0.5, 0.6) is 0 Å². The molecule has 1 atom stereocenters. The number of amides is 3. The molecule has 1 aliphatic heterocycles. The highest BCUT2D eigenvalue weighted by Crippen LogP contribution is 2.21. The molecule has 0 unspecified atom stereocenters. The second kappa shape index (κ2) is 11.7. The molecule has 172 valence electrons. The van der Waals surface area contributed by atoms with Crippen LogP contribution in [-0.4, -0.2) is 48.5 Å². The van der Waals surface area contributed by atoms with Crippen LogP contribution in [0.4, 0.5) is 10.8 Å². The second-order valence-corrected chi connectivity index (χ2v) is 8.95. The van der Waals surface area contributed by atoms with Crippen molar-refractivity contribution in [3.8, 4) is 0 Å². The van der Waals surface area contributed by atoms with E-state index in [1.807, 2.05) is 24.3 Å². The minimum absolute atomic E-state index is 0.0104. The lowest BCUT2D eigenvalue weighted by atomic mass is 10.0. The number of hydrogen-bond acceptors (Lipinski definition) is 6. The minimum atomic E-state index is -0.288. The van der Waals surface area contributed by atoms with Crippen molar-refractivity contribution in [2.24, 2.45) is 0 Å². The van der Waals surface area contributed by atoms with Gasteiger partial charge in [0.25, 0.3) is 0 Å². The van der Waals surface area contributed by atoms with Gasteiger partial charge in [0, 0.05) is 43.3 Å². The average molecular weight is 459 g/mol. The topological polar surface area (TPSA) is 101 Å². The van der Waals surface area contributed by atoms with Crippen LogP contribution in [0.1, 0.15) is 51.0 Å². The summed E-state index contributed by atoms with van der Waals surface area (Å²) in [5.41, 5.74) is 1.78. The second-order valence-electron chi connectivity index (χ2n) is 8.05. The fourth-order valence-corrected chi connectivity index (χ4v) is 3.96. The Morgan fingerprint density at radius 3 is 2.59 bits per heavy atom. The van der Waals surface area contributed by atoms with Crippen LogP contribution in [0.2, 0.25) is 0 Å². The normalized spacial score (nSPS) is 15.5. The number of aromatic nitrogens is 1. The number of ether oxygens (including phenoxy) is 1. The van der Waals surface area contributed by atoms with Crippen LogP contribution in [0.15, 0.2) is 35.8 Å². The molecule has 2 N–H and O–H groups in total. The maximum atomic E-state index is 13.0. The third-order valence-corrected chi connectivity index (χ3v) is 5.96. The SMILES string of the molecule is CC(C)c1ccc(N(CC(=O)NC[C@@H]2CCCO2)C(=O)CCC(=O)Nc2nccs2)cc1. The van der Waals surface area contributed by atoms with Gasteiger partial charge >= 0.3 is 0 Å². The Labute approximate surface area is 192 Å². The average Bonchev–Trinajstić information content (AvgIpc) is 3.49. The first-order valence-corrected chi connectivity index (χ1v) is 11.8. The minimum Gasteiger partial charge on any atom is -0.376 e. The largest absolute Gasteiger partial charge is 0.376 e. The van der Waals surface area contributed by atoms with Gasteiger partial charge in [0.15, 0.2) is 5.13 Å². The molecule has 1 aromatic carbocycles. The number of anilines is 2. The highest BCUT2D eigenvalue weighted by atomic mass is 32.1. The number of nitrogens with zero attached hydrogens (tertiary/aromatic N) is 2. The van der Waals surface area contributed by atoms with Crippen LogP contribution >= 0.6 is 11.3 Å². The highest BCUT2D eigenvalue weighted by Gasteiger charge is 2.22. The van der Waals surface area contributed by atoms with Crippen molar-refractivity contribution in [2.75, 3.05) is 29.9 Å². The molecule has 1 aliphatic rings. The van der Waals surface area contributed by atoms with Gasteiger partial charge in [-0.25, -0.2) is 4.98 Å². The maximum Gasteiger partial charge on any atom is 0.240 e. The van der Waals surface area contributed by atoms with Gasteiger partial charge in [-0.3, -0.25) is 14.4 Å². The van der Waals surface area contributed by atoms with Gasteiger partial charge in [0.2, 0.25) is 17.7 Å². The van der Waals surface area contributed by atoms with Crippen LogP contribution in [0.25, 0.3) is 0 Å². The summed E-state index contributed by atoms with van der Waals surface area (Å²) < 4.78 is 5.54. The first-order chi connectivity index (χ1) is 15.4. The lowest BCUT2D eigenvalue weighted by Crippen LogP contribution is -2.43. The molecule has 8 nitrogen and oxygen atoms in total. The first-order valence-electron chi connectivity index (χ1n) is 10.9. The van der Waals surface area contributed by atoms with E-state index in [0.717, 1.165) is 25.0 Å². The molecule has 2 heterocycles. The number of rotatable bonds is 10. The quantitative estimate of drug-likeness (QED) is 0.569. The van der Waals surface area contributed by atoms with Gasteiger partial charge in [-0.05, 0) is 36.5 Å². The summed E-state index contributed by atoms with van der Waals surface area (Å²) in [5, 5.41) is 7.79. The van der Waals surface area contributed by atoms with Crippen LogP contribution in [0, 0.1) is 0 Å². The standard InChI is InChI=1S/C23H30N4O4S/c1-16(2)17-5-7-18(8-6-17)27(15-21(29)25-14-19-4-3-12-31-19)22(30)10-9-20(28)26-23-24-11-13-32-23/h5-8,11,13,16,19H,3-4,9-10,12,14-15H2,1-2H3,(H,25,29)(H,24,26,28)/t19-/m0/s1. The monoisotopic (exact) mass is 458 g/mol. The van der Waals surface area contributed by atoms with E-state index in [-0.39, 0.29) is 43.2 Å². The summed E-state index contributed by atoms with van der Waals surface area (Å²) in [6.45, 7) is 5.23. The Morgan fingerprint density at radius 1 is 1.19 bits per heavy atom. The maximum absolute atomic E-state index is 13.0. The molecule has 3 rings (SSSR count). The number of hydrogen-bond donors (Lipinski definition) is 2. The fraction of sp³-hybridized carbons (Fsp3) is 0.478. The molecular weight excluding hydrogens is 428 g/mol. The number of benzene rings is 1. The lowest BCUT2D eigenvalue weighted by molar-refractivity contribution is -0.125. The Balaban J connectivity index is 1.62. The number of nitrogens with one attached hydrogen (secondary N) is 2. The van der Waals surface area contributed by atoms with Crippen molar-refractivity contribution >= 4 is 39.9 Å². The molecule has 2 aromatic rings. The molecule has 0 spiro atoms. The molecule has 9 heteroatoms. The Morgan fingerprint density at radius 2 is 1.97 bits per heavy atom. The zero-order valence-corrected chi connectivity index (χ0v) is 19.3. The summed E-state index contributed by atoms with van der Waals surface area (Å²) in [5.74, 6) is -0.471. The Kier molecular flexibility index (Phi) is 8.75. The van der Waals surface area contributed by atoms with E-state index >= 15 is 0 Å². The highest BCUT2D eigenvalue weighted by molar-refractivity contribution is 7.13. The molecule has 0 aliphatic carbocycles. The molecule has 0 saturated carbocycles.